The molecule has 0 aliphatic rings. The van der Waals surface area contributed by atoms with Crippen molar-refractivity contribution in [3.05, 3.63) is 24.6 Å². The van der Waals surface area contributed by atoms with E-state index >= 15 is 0 Å². The summed E-state index contributed by atoms with van der Waals surface area (Å²) in [6.45, 7) is 0. The second kappa shape index (κ2) is 4.32. The second-order valence-electron chi connectivity index (χ2n) is 2.50. The molecule has 14 heavy (non-hydrogen) atoms. The molecule has 0 saturated heterocycles. The molecule has 0 radical (unpaired) electrons. The van der Waals surface area contributed by atoms with Gasteiger partial charge >= 0.3 is 0 Å². The Bertz CT molecular complexity index is 407. The molecule has 0 aliphatic heterocycles. The summed E-state index contributed by atoms with van der Waals surface area (Å²) in [5, 5.41) is -0.190. The van der Waals surface area contributed by atoms with E-state index in [1.807, 2.05) is 0 Å². The summed E-state index contributed by atoms with van der Waals surface area (Å²) < 4.78 is 45.8. The molecule has 1 aromatic heterocycles. The van der Waals surface area contributed by atoms with Gasteiger partial charge in [-0.15, -0.1) is 0 Å². The Hall–Kier alpha value is -1.24. The third-order valence-corrected chi connectivity index (χ3v) is 3.04. The van der Waals surface area contributed by atoms with Crippen LogP contribution < -0.4 is 0 Å². The van der Waals surface area contributed by atoms with Crippen molar-refractivity contribution in [3.63, 3.8) is 0 Å². The minimum absolute atomic E-state index is 0.190. The molecule has 0 atom stereocenters. The Labute approximate surface area is 79.6 Å². The van der Waals surface area contributed by atoms with Crippen LogP contribution in [0.25, 0.3) is 0 Å². The van der Waals surface area contributed by atoms with E-state index in [0.717, 1.165) is 0 Å². The number of imidazole rings is 1. The lowest BCUT2D eigenvalue weighted by atomic mass is 10.5. The number of aromatic amines is 1. The topological polar surface area (TPSA) is 62.8 Å². The fourth-order valence-electron chi connectivity index (χ4n) is 0.841. The number of nitrogens with one attached hydrogen (secondary N) is 1. The summed E-state index contributed by atoms with van der Waals surface area (Å²) >= 11 is 0. The zero-order valence-corrected chi connectivity index (χ0v) is 7.89. The summed E-state index contributed by atoms with van der Waals surface area (Å²) in [6, 6.07) is 0. The van der Waals surface area contributed by atoms with Gasteiger partial charge in [-0.2, -0.15) is 8.78 Å². The van der Waals surface area contributed by atoms with Crippen LogP contribution in [-0.2, 0) is 9.84 Å². The van der Waals surface area contributed by atoms with E-state index in [1.165, 1.54) is 12.4 Å². The van der Waals surface area contributed by atoms with Crippen molar-refractivity contribution in [2.24, 2.45) is 0 Å². The highest BCUT2D eigenvalue weighted by Gasteiger charge is 2.15. The summed E-state index contributed by atoms with van der Waals surface area (Å²) in [5.41, 5.74) is 0. The van der Waals surface area contributed by atoms with Crippen LogP contribution in [0.4, 0.5) is 8.78 Å². The maximum atomic E-state index is 11.6. The molecule has 0 spiro atoms. The Kier molecular flexibility index (Phi) is 3.34. The third kappa shape index (κ3) is 2.91. The zero-order valence-electron chi connectivity index (χ0n) is 7.07. The molecule has 0 unspecified atom stereocenters. The molecule has 1 aromatic rings. The van der Waals surface area contributed by atoms with Gasteiger partial charge in [0.1, 0.15) is 0 Å². The minimum atomic E-state index is -3.56. The molecule has 78 valence electrons. The van der Waals surface area contributed by atoms with Crippen LogP contribution in [0.15, 0.2) is 29.7 Å². The van der Waals surface area contributed by atoms with E-state index in [-0.39, 0.29) is 17.3 Å². The first-order valence-electron chi connectivity index (χ1n) is 3.75. The van der Waals surface area contributed by atoms with Gasteiger partial charge in [-0.1, -0.05) is 0 Å². The molecule has 0 fully saturated rings. The van der Waals surface area contributed by atoms with Crippen molar-refractivity contribution < 1.29 is 17.2 Å². The third-order valence-electron chi connectivity index (χ3n) is 1.45. The quantitative estimate of drug-likeness (QED) is 0.836. The van der Waals surface area contributed by atoms with Crippen LogP contribution >= 0.6 is 0 Å². The van der Waals surface area contributed by atoms with Crippen molar-refractivity contribution >= 4 is 9.84 Å². The Morgan fingerprint density at radius 1 is 1.57 bits per heavy atom. The number of halogens is 2. The molecule has 0 amide bonds. The predicted molar refractivity (Wildman–Crippen MR) is 45.6 cm³/mol. The number of hydrogen-bond donors (Lipinski definition) is 1. The highest BCUT2D eigenvalue weighted by molar-refractivity contribution is 7.91. The van der Waals surface area contributed by atoms with E-state index in [1.54, 1.807) is 0 Å². The Morgan fingerprint density at radius 2 is 2.29 bits per heavy atom. The Morgan fingerprint density at radius 3 is 2.79 bits per heavy atom. The highest BCUT2D eigenvalue weighted by atomic mass is 32.2. The van der Waals surface area contributed by atoms with E-state index in [4.69, 9.17) is 0 Å². The first kappa shape index (κ1) is 10.8. The van der Waals surface area contributed by atoms with Gasteiger partial charge in [-0.05, 0) is 12.5 Å². The van der Waals surface area contributed by atoms with Crippen LogP contribution in [0.5, 0.6) is 0 Å². The number of sulfone groups is 1. The molecule has 1 N–H and O–H groups in total. The number of rotatable bonds is 4. The normalized spacial score (nSPS) is 11.3. The lowest BCUT2D eigenvalue weighted by Crippen LogP contribution is -2.07. The maximum absolute atomic E-state index is 11.6. The predicted octanol–water partition coefficient (Wildman–Crippen LogP) is 1.35. The van der Waals surface area contributed by atoms with Gasteiger partial charge in [0, 0.05) is 12.4 Å². The SMILES string of the molecule is O=S(=O)(CCC=C(F)F)c1ncc[nH]1. The fraction of sp³-hybridized carbons (Fsp3) is 0.286. The molecule has 4 nitrogen and oxygen atoms in total. The summed E-state index contributed by atoms with van der Waals surface area (Å²) in [7, 11) is -3.56. The van der Waals surface area contributed by atoms with Crippen molar-refractivity contribution in [1.82, 2.24) is 9.97 Å². The van der Waals surface area contributed by atoms with Crippen LogP contribution in [0, 0.1) is 0 Å². The average molecular weight is 222 g/mol. The number of allylic oxidation sites excluding steroid dienone is 1. The minimum Gasteiger partial charge on any atom is -0.336 e. The van der Waals surface area contributed by atoms with Crippen LogP contribution in [0.3, 0.4) is 0 Å². The van der Waals surface area contributed by atoms with Crippen LogP contribution in [0.1, 0.15) is 6.42 Å². The van der Waals surface area contributed by atoms with Gasteiger partial charge < -0.3 is 4.98 Å². The molecule has 0 aliphatic carbocycles. The molecule has 7 heteroatoms. The van der Waals surface area contributed by atoms with Crippen molar-refractivity contribution in [2.75, 3.05) is 5.75 Å². The Balaban J connectivity index is 2.65. The van der Waals surface area contributed by atoms with Gasteiger partial charge in [-0.3, -0.25) is 0 Å². The van der Waals surface area contributed by atoms with Gasteiger partial charge in [0.2, 0.25) is 15.0 Å². The average Bonchev–Trinajstić information content (AvgIpc) is 2.54. The maximum Gasteiger partial charge on any atom is 0.266 e. The van der Waals surface area contributed by atoms with Gasteiger partial charge in [0.15, 0.2) is 0 Å². The monoisotopic (exact) mass is 222 g/mol. The lowest BCUT2D eigenvalue weighted by molar-refractivity contribution is 0.418. The number of nitrogens with zero attached hydrogens (tertiary/aromatic N) is 1. The standard InChI is InChI=1S/C7H8F2N2O2S/c8-6(9)2-1-5-14(12,13)7-10-3-4-11-7/h2-4H,1,5H2,(H,10,11). The molecule has 0 aromatic carbocycles. The summed E-state index contributed by atoms with van der Waals surface area (Å²) in [5.74, 6) is -0.377. The summed E-state index contributed by atoms with van der Waals surface area (Å²) in [6.07, 6.45) is 1.13. The van der Waals surface area contributed by atoms with Crippen molar-refractivity contribution in [2.45, 2.75) is 11.6 Å². The van der Waals surface area contributed by atoms with Crippen LogP contribution in [0.2, 0.25) is 0 Å². The van der Waals surface area contributed by atoms with Gasteiger partial charge in [0.05, 0.1) is 5.75 Å². The van der Waals surface area contributed by atoms with Gasteiger partial charge in [0.25, 0.3) is 6.08 Å². The number of hydrogen-bond acceptors (Lipinski definition) is 3. The molecule has 1 rings (SSSR count). The number of H-pyrrole nitrogens is 1. The highest BCUT2D eigenvalue weighted by Crippen LogP contribution is 2.07. The van der Waals surface area contributed by atoms with Crippen molar-refractivity contribution in [3.8, 4) is 0 Å². The van der Waals surface area contributed by atoms with E-state index < -0.39 is 15.9 Å². The lowest BCUT2D eigenvalue weighted by Gasteiger charge is -1.96. The summed E-state index contributed by atoms with van der Waals surface area (Å²) in [4.78, 5) is 5.94. The zero-order chi connectivity index (χ0) is 10.6. The van der Waals surface area contributed by atoms with E-state index in [0.29, 0.717) is 6.08 Å². The molecular weight excluding hydrogens is 214 g/mol. The molecule has 1 heterocycles. The first-order chi connectivity index (χ1) is 6.52. The van der Waals surface area contributed by atoms with E-state index in [9.17, 15) is 17.2 Å². The second-order valence-corrected chi connectivity index (χ2v) is 4.52. The van der Waals surface area contributed by atoms with Gasteiger partial charge in [-0.25, -0.2) is 13.4 Å². The van der Waals surface area contributed by atoms with Crippen LogP contribution in [-0.4, -0.2) is 24.1 Å². The first-order valence-corrected chi connectivity index (χ1v) is 5.41. The molecular formula is C7H8F2N2O2S. The van der Waals surface area contributed by atoms with Crippen molar-refractivity contribution in [1.29, 1.82) is 0 Å². The van der Waals surface area contributed by atoms with E-state index in [2.05, 4.69) is 9.97 Å². The number of aromatic nitrogens is 2. The largest absolute Gasteiger partial charge is 0.336 e. The molecule has 0 bridgehead atoms. The molecule has 0 saturated carbocycles. The smallest absolute Gasteiger partial charge is 0.266 e. The fourth-order valence-corrected chi connectivity index (χ4v) is 1.93.